The maximum absolute atomic E-state index is 9.49. The van der Waals surface area contributed by atoms with E-state index in [9.17, 15) is 5.11 Å². The van der Waals surface area contributed by atoms with Gasteiger partial charge in [0.2, 0.25) is 0 Å². The topological polar surface area (TPSA) is 66.2 Å². The smallest absolute Gasteiger partial charge is 0.137 e. The van der Waals surface area contributed by atoms with Gasteiger partial charge in [0.15, 0.2) is 0 Å². The molecule has 16 heavy (non-hydrogen) atoms. The lowest BCUT2D eigenvalue weighted by molar-refractivity contribution is 0.467. The molecule has 0 radical (unpaired) electrons. The van der Waals surface area contributed by atoms with Crippen LogP contribution in [0.25, 0.3) is 11.4 Å². The third-order valence-electron chi connectivity index (χ3n) is 2.61. The van der Waals surface area contributed by atoms with Crippen molar-refractivity contribution >= 4 is 0 Å². The van der Waals surface area contributed by atoms with E-state index in [1.54, 1.807) is 12.1 Å². The lowest BCUT2D eigenvalue weighted by Gasteiger charge is -2.08. The number of pyridine rings is 2. The first-order valence-electron chi connectivity index (χ1n) is 4.90. The Balaban J connectivity index is 2.57. The van der Waals surface area contributed by atoms with Crippen LogP contribution in [0.1, 0.15) is 11.1 Å². The van der Waals surface area contributed by atoms with E-state index in [-0.39, 0.29) is 11.5 Å². The SMILES string of the molecule is Cc1c(O)cnc(-c2ccc(O)cn2)c1C. The lowest BCUT2D eigenvalue weighted by Crippen LogP contribution is -1.93. The van der Waals surface area contributed by atoms with Crippen LogP contribution in [0.4, 0.5) is 0 Å². The summed E-state index contributed by atoms with van der Waals surface area (Å²) in [5, 5.41) is 18.6. The molecule has 0 aliphatic heterocycles. The van der Waals surface area contributed by atoms with Crippen molar-refractivity contribution in [2.75, 3.05) is 0 Å². The van der Waals surface area contributed by atoms with Gasteiger partial charge in [-0.3, -0.25) is 9.97 Å². The first kappa shape index (κ1) is 10.4. The van der Waals surface area contributed by atoms with Gasteiger partial charge in [0.05, 0.1) is 23.8 Å². The minimum atomic E-state index is 0.122. The Hall–Kier alpha value is -2.10. The molecule has 4 heteroatoms. The highest BCUT2D eigenvalue weighted by Gasteiger charge is 2.09. The van der Waals surface area contributed by atoms with Crippen LogP contribution in [0.15, 0.2) is 24.5 Å². The minimum Gasteiger partial charge on any atom is -0.506 e. The Bertz CT molecular complexity index is 521. The normalized spacial score (nSPS) is 10.4. The molecule has 2 aromatic rings. The zero-order chi connectivity index (χ0) is 11.7. The molecule has 2 heterocycles. The molecule has 0 saturated carbocycles. The van der Waals surface area contributed by atoms with E-state index in [1.165, 1.54) is 12.4 Å². The van der Waals surface area contributed by atoms with Gasteiger partial charge in [-0.2, -0.15) is 0 Å². The molecule has 0 spiro atoms. The Morgan fingerprint density at radius 3 is 2.31 bits per heavy atom. The van der Waals surface area contributed by atoms with Crippen molar-refractivity contribution in [1.82, 2.24) is 9.97 Å². The number of hydrogen-bond acceptors (Lipinski definition) is 4. The third-order valence-corrected chi connectivity index (χ3v) is 2.61. The van der Waals surface area contributed by atoms with Gasteiger partial charge in [-0.05, 0) is 37.1 Å². The Kier molecular flexibility index (Phi) is 2.48. The van der Waals surface area contributed by atoms with Crippen molar-refractivity contribution in [2.24, 2.45) is 0 Å². The average molecular weight is 216 g/mol. The monoisotopic (exact) mass is 216 g/mol. The maximum atomic E-state index is 9.49. The number of aromatic hydroxyl groups is 2. The number of aromatic nitrogens is 2. The number of nitrogens with zero attached hydrogens (tertiary/aromatic N) is 2. The first-order valence-corrected chi connectivity index (χ1v) is 4.90. The van der Waals surface area contributed by atoms with Crippen LogP contribution in [-0.2, 0) is 0 Å². The summed E-state index contributed by atoms with van der Waals surface area (Å²) in [5.41, 5.74) is 3.08. The molecule has 2 rings (SSSR count). The van der Waals surface area contributed by atoms with Crippen LogP contribution in [0, 0.1) is 13.8 Å². The van der Waals surface area contributed by atoms with Gasteiger partial charge in [0.1, 0.15) is 11.5 Å². The minimum absolute atomic E-state index is 0.122. The Morgan fingerprint density at radius 1 is 0.938 bits per heavy atom. The van der Waals surface area contributed by atoms with E-state index in [4.69, 9.17) is 5.11 Å². The summed E-state index contributed by atoms with van der Waals surface area (Å²) >= 11 is 0. The van der Waals surface area contributed by atoms with E-state index in [0.29, 0.717) is 5.69 Å². The molecule has 0 fully saturated rings. The molecule has 0 aromatic carbocycles. The van der Waals surface area contributed by atoms with E-state index in [1.807, 2.05) is 13.8 Å². The van der Waals surface area contributed by atoms with Crippen LogP contribution in [-0.4, -0.2) is 20.2 Å². The second kappa shape index (κ2) is 3.81. The average Bonchev–Trinajstić information content (AvgIpc) is 2.28. The van der Waals surface area contributed by atoms with Gasteiger partial charge in [-0.15, -0.1) is 0 Å². The summed E-state index contributed by atoms with van der Waals surface area (Å²) in [7, 11) is 0. The lowest BCUT2D eigenvalue weighted by atomic mass is 10.1. The van der Waals surface area contributed by atoms with Crippen molar-refractivity contribution in [3.63, 3.8) is 0 Å². The molecule has 82 valence electrons. The second-order valence-electron chi connectivity index (χ2n) is 3.64. The number of hydrogen-bond donors (Lipinski definition) is 2. The van der Waals surface area contributed by atoms with Gasteiger partial charge in [0, 0.05) is 0 Å². The van der Waals surface area contributed by atoms with Crippen molar-refractivity contribution in [3.8, 4) is 22.9 Å². The van der Waals surface area contributed by atoms with Crippen molar-refractivity contribution in [1.29, 1.82) is 0 Å². The highest BCUT2D eigenvalue weighted by molar-refractivity contribution is 5.62. The van der Waals surface area contributed by atoms with Gasteiger partial charge < -0.3 is 10.2 Å². The highest BCUT2D eigenvalue weighted by Crippen LogP contribution is 2.27. The highest BCUT2D eigenvalue weighted by atomic mass is 16.3. The Morgan fingerprint density at radius 2 is 1.69 bits per heavy atom. The molecule has 0 unspecified atom stereocenters. The van der Waals surface area contributed by atoms with Crippen molar-refractivity contribution in [2.45, 2.75) is 13.8 Å². The van der Waals surface area contributed by atoms with E-state index in [0.717, 1.165) is 16.8 Å². The van der Waals surface area contributed by atoms with Crippen molar-refractivity contribution < 1.29 is 10.2 Å². The Labute approximate surface area is 93.2 Å². The summed E-state index contributed by atoms with van der Waals surface area (Å²) in [4.78, 5) is 8.23. The van der Waals surface area contributed by atoms with Crippen molar-refractivity contribution in [3.05, 3.63) is 35.7 Å². The van der Waals surface area contributed by atoms with Crippen LogP contribution >= 0.6 is 0 Å². The molecular formula is C12H12N2O2. The van der Waals surface area contributed by atoms with Gasteiger partial charge in [0.25, 0.3) is 0 Å². The first-order chi connectivity index (χ1) is 7.59. The molecule has 0 aliphatic rings. The fraction of sp³-hybridized carbons (Fsp3) is 0.167. The van der Waals surface area contributed by atoms with Crippen LogP contribution < -0.4 is 0 Å². The largest absolute Gasteiger partial charge is 0.506 e. The molecule has 0 atom stereocenters. The zero-order valence-corrected chi connectivity index (χ0v) is 9.10. The zero-order valence-electron chi connectivity index (χ0n) is 9.10. The van der Waals surface area contributed by atoms with Gasteiger partial charge in [-0.1, -0.05) is 0 Å². The third kappa shape index (κ3) is 1.69. The standard InChI is InChI=1S/C12H12N2O2/c1-7-8(2)12(14-6-11(7)16)10-4-3-9(15)5-13-10/h3-6,15-16H,1-2H3. The molecule has 0 amide bonds. The van der Waals surface area contributed by atoms with Gasteiger partial charge in [-0.25, -0.2) is 0 Å². The molecule has 2 aromatic heterocycles. The van der Waals surface area contributed by atoms with E-state index >= 15 is 0 Å². The second-order valence-corrected chi connectivity index (χ2v) is 3.64. The van der Waals surface area contributed by atoms with E-state index < -0.39 is 0 Å². The predicted molar refractivity (Wildman–Crippen MR) is 60.3 cm³/mol. The fourth-order valence-corrected chi connectivity index (χ4v) is 1.47. The number of rotatable bonds is 1. The molecule has 0 saturated heterocycles. The maximum Gasteiger partial charge on any atom is 0.137 e. The summed E-state index contributed by atoms with van der Waals surface area (Å²) in [5.74, 6) is 0.303. The quantitative estimate of drug-likeness (QED) is 0.766. The van der Waals surface area contributed by atoms with E-state index in [2.05, 4.69) is 9.97 Å². The van der Waals surface area contributed by atoms with Crippen LogP contribution in [0.5, 0.6) is 11.5 Å². The molecule has 4 nitrogen and oxygen atoms in total. The fourth-order valence-electron chi connectivity index (χ4n) is 1.47. The summed E-state index contributed by atoms with van der Waals surface area (Å²) in [6, 6.07) is 3.26. The van der Waals surface area contributed by atoms with Gasteiger partial charge >= 0.3 is 0 Å². The molecule has 2 N–H and O–H groups in total. The van der Waals surface area contributed by atoms with Crippen LogP contribution in [0.2, 0.25) is 0 Å². The molecule has 0 aliphatic carbocycles. The predicted octanol–water partition coefficient (Wildman–Crippen LogP) is 2.17. The molecule has 0 bridgehead atoms. The molecular weight excluding hydrogens is 204 g/mol. The van der Waals surface area contributed by atoms with Crippen LogP contribution in [0.3, 0.4) is 0 Å². The summed E-state index contributed by atoms with van der Waals surface area (Å²) in [6.45, 7) is 3.71. The summed E-state index contributed by atoms with van der Waals surface area (Å²) in [6.07, 6.45) is 2.78. The summed E-state index contributed by atoms with van der Waals surface area (Å²) < 4.78 is 0.